The number of hydrogen-bond donors (Lipinski definition) is 1. The molecule has 1 fully saturated rings. The Morgan fingerprint density at radius 1 is 1.39 bits per heavy atom. The third-order valence-corrected chi connectivity index (χ3v) is 4.26. The lowest BCUT2D eigenvalue weighted by atomic mass is 9.83. The maximum atomic E-state index is 5.97. The molecule has 2 atom stereocenters. The molecule has 100 valence electrons. The number of ether oxygens (including phenoxy) is 1. The second kappa shape index (κ2) is 6.58. The van der Waals surface area contributed by atoms with Gasteiger partial charge in [0.15, 0.2) is 0 Å². The zero-order valence-electron chi connectivity index (χ0n) is 11.0. The van der Waals surface area contributed by atoms with Crippen molar-refractivity contribution in [2.24, 2.45) is 17.6 Å². The lowest BCUT2D eigenvalue weighted by molar-refractivity contribution is 0.181. The molecule has 18 heavy (non-hydrogen) atoms. The third kappa shape index (κ3) is 3.72. The van der Waals surface area contributed by atoms with Crippen molar-refractivity contribution in [3.63, 3.8) is 0 Å². The highest BCUT2D eigenvalue weighted by Gasteiger charge is 2.19. The van der Waals surface area contributed by atoms with E-state index in [9.17, 15) is 0 Å². The summed E-state index contributed by atoms with van der Waals surface area (Å²) in [6.07, 6.45) is 5.33. The van der Waals surface area contributed by atoms with E-state index in [2.05, 4.69) is 22.9 Å². The predicted octanol–water partition coefficient (Wildman–Crippen LogP) is 4.11. The molecule has 3 heteroatoms. The fourth-order valence-electron chi connectivity index (χ4n) is 2.77. The molecular formula is C15H22BrNO. The van der Waals surface area contributed by atoms with Gasteiger partial charge in [-0.25, -0.2) is 0 Å². The maximum absolute atomic E-state index is 5.97. The summed E-state index contributed by atoms with van der Waals surface area (Å²) in [5.74, 6) is 2.51. The summed E-state index contributed by atoms with van der Waals surface area (Å²) in [6, 6.07) is 6.06. The van der Waals surface area contributed by atoms with Crippen LogP contribution in [0.15, 0.2) is 22.7 Å². The van der Waals surface area contributed by atoms with Crippen LogP contribution in [0.4, 0.5) is 0 Å². The summed E-state index contributed by atoms with van der Waals surface area (Å²) in [5, 5.41) is 0. The molecule has 2 unspecified atom stereocenters. The van der Waals surface area contributed by atoms with Gasteiger partial charge in [-0.3, -0.25) is 0 Å². The van der Waals surface area contributed by atoms with Crippen molar-refractivity contribution in [1.82, 2.24) is 0 Å². The third-order valence-electron chi connectivity index (χ3n) is 3.76. The summed E-state index contributed by atoms with van der Waals surface area (Å²) < 4.78 is 7.03. The van der Waals surface area contributed by atoms with E-state index in [0.29, 0.717) is 12.5 Å². The van der Waals surface area contributed by atoms with Gasteiger partial charge in [0.25, 0.3) is 0 Å². The monoisotopic (exact) mass is 311 g/mol. The fourth-order valence-corrected chi connectivity index (χ4v) is 3.18. The zero-order valence-corrected chi connectivity index (χ0v) is 12.6. The molecular weight excluding hydrogens is 290 g/mol. The second-order valence-electron chi connectivity index (χ2n) is 5.40. The van der Waals surface area contributed by atoms with Crippen LogP contribution in [0.3, 0.4) is 0 Å². The van der Waals surface area contributed by atoms with E-state index in [4.69, 9.17) is 10.5 Å². The van der Waals surface area contributed by atoms with Crippen molar-refractivity contribution in [1.29, 1.82) is 0 Å². The van der Waals surface area contributed by atoms with E-state index >= 15 is 0 Å². The molecule has 1 aromatic rings. The first-order chi connectivity index (χ1) is 8.69. The molecule has 0 bridgehead atoms. The van der Waals surface area contributed by atoms with Gasteiger partial charge in [0.2, 0.25) is 0 Å². The first-order valence-corrected chi connectivity index (χ1v) is 7.59. The highest BCUT2D eigenvalue weighted by molar-refractivity contribution is 9.10. The summed E-state index contributed by atoms with van der Waals surface area (Å²) in [4.78, 5) is 0. The standard InChI is InChI=1S/C15H22BrNO/c1-11-3-2-4-12(7-11)10-18-15-6-5-14(16)8-13(15)9-17/h5-6,8,11-12H,2-4,7,9-10,17H2,1H3. The molecule has 1 aromatic carbocycles. The molecule has 0 radical (unpaired) electrons. The van der Waals surface area contributed by atoms with E-state index in [-0.39, 0.29) is 0 Å². The summed E-state index contributed by atoms with van der Waals surface area (Å²) in [5.41, 5.74) is 6.83. The van der Waals surface area contributed by atoms with Crippen molar-refractivity contribution >= 4 is 15.9 Å². The minimum absolute atomic E-state index is 0.524. The average molecular weight is 312 g/mol. The Hall–Kier alpha value is -0.540. The highest BCUT2D eigenvalue weighted by atomic mass is 79.9. The average Bonchev–Trinajstić information content (AvgIpc) is 2.37. The minimum atomic E-state index is 0.524. The molecule has 2 rings (SSSR count). The van der Waals surface area contributed by atoms with Crippen LogP contribution >= 0.6 is 15.9 Å². The first kappa shape index (κ1) is 13.9. The van der Waals surface area contributed by atoms with E-state index in [1.807, 2.05) is 18.2 Å². The van der Waals surface area contributed by atoms with Gasteiger partial charge in [-0.2, -0.15) is 0 Å². The van der Waals surface area contributed by atoms with Gasteiger partial charge in [0.1, 0.15) is 5.75 Å². The van der Waals surface area contributed by atoms with Crippen molar-refractivity contribution in [3.8, 4) is 5.75 Å². The first-order valence-electron chi connectivity index (χ1n) is 6.80. The molecule has 1 saturated carbocycles. The summed E-state index contributed by atoms with van der Waals surface area (Å²) in [7, 11) is 0. The van der Waals surface area contributed by atoms with Crippen LogP contribution in [0.1, 0.15) is 38.2 Å². The van der Waals surface area contributed by atoms with Crippen molar-refractivity contribution in [3.05, 3.63) is 28.2 Å². The minimum Gasteiger partial charge on any atom is -0.493 e. The van der Waals surface area contributed by atoms with Crippen molar-refractivity contribution < 1.29 is 4.74 Å². The molecule has 2 N–H and O–H groups in total. The molecule has 0 heterocycles. The van der Waals surface area contributed by atoms with E-state index in [0.717, 1.165) is 28.3 Å². The fraction of sp³-hybridized carbons (Fsp3) is 0.600. The Morgan fingerprint density at radius 2 is 2.22 bits per heavy atom. The molecule has 0 spiro atoms. The lowest BCUT2D eigenvalue weighted by Gasteiger charge is -2.26. The Bertz CT molecular complexity index is 394. The highest BCUT2D eigenvalue weighted by Crippen LogP contribution is 2.30. The predicted molar refractivity (Wildman–Crippen MR) is 78.7 cm³/mol. The number of benzene rings is 1. The van der Waals surface area contributed by atoms with Crippen molar-refractivity contribution in [2.45, 2.75) is 39.2 Å². The molecule has 2 nitrogen and oxygen atoms in total. The molecule has 0 aromatic heterocycles. The van der Waals surface area contributed by atoms with Crippen LogP contribution in [0, 0.1) is 11.8 Å². The Morgan fingerprint density at radius 3 is 2.94 bits per heavy atom. The van der Waals surface area contributed by atoms with Crippen LogP contribution in [0.25, 0.3) is 0 Å². The normalized spacial score (nSPS) is 23.9. The van der Waals surface area contributed by atoms with Crippen LogP contribution < -0.4 is 10.5 Å². The summed E-state index contributed by atoms with van der Waals surface area (Å²) in [6.45, 7) is 3.70. The second-order valence-corrected chi connectivity index (χ2v) is 6.32. The van der Waals surface area contributed by atoms with Gasteiger partial charge >= 0.3 is 0 Å². The largest absolute Gasteiger partial charge is 0.493 e. The van der Waals surface area contributed by atoms with Gasteiger partial charge in [0, 0.05) is 16.6 Å². The van der Waals surface area contributed by atoms with Crippen LogP contribution in [-0.4, -0.2) is 6.61 Å². The molecule has 0 saturated heterocycles. The summed E-state index contributed by atoms with van der Waals surface area (Å²) >= 11 is 3.46. The zero-order chi connectivity index (χ0) is 13.0. The molecule has 1 aliphatic carbocycles. The maximum Gasteiger partial charge on any atom is 0.123 e. The van der Waals surface area contributed by atoms with Crippen LogP contribution in [0.2, 0.25) is 0 Å². The van der Waals surface area contributed by atoms with Gasteiger partial charge in [-0.15, -0.1) is 0 Å². The number of nitrogens with two attached hydrogens (primary N) is 1. The smallest absolute Gasteiger partial charge is 0.123 e. The topological polar surface area (TPSA) is 35.2 Å². The van der Waals surface area contributed by atoms with Gasteiger partial charge < -0.3 is 10.5 Å². The Kier molecular flexibility index (Phi) is 5.07. The van der Waals surface area contributed by atoms with Gasteiger partial charge in [0.05, 0.1) is 6.61 Å². The molecule has 1 aliphatic rings. The molecule has 0 amide bonds. The van der Waals surface area contributed by atoms with E-state index < -0.39 is 0 Å². The number of halogens is 1. The quantitative estimate of drug-likeness (QED) is 0.908. The Labute approximate surface area is 118 Å². The van der Waals surface area contributed by atoms with Gasteiger partial charge in [-0.1, -0.05) is 35.7 Å². The Balaban J connectivity index is 1.93. The number of rotatable bonds is 4. The van der Waals surface area contributed by atoms with Gasteiger partial charge in [-0.05, 0) is 42.9 Å². The van der Waals surface area contributed by atoms with E-state index in [1.54, 1.807) is 0 Å². The lowest BCUT2D eigenvalue weighted by Crippen LogP contribution is -2.20. The SMILES string of the molecule is CC1CCCC(COc2ccc(Br)cc2CN)C1. The van der Waals surface area contributed by atoms with Crippen LogP contribution in [-0.2, 0) is 6.54 Å². The van der Waals surface area contributed by atoms with Crippen LogP contribution in [0.5, 0.6) is 5.75 Å². The van der Waals surface area contributed by atoms with E-state index in [1.165, 1.54) is 25.7 Å². The number of hydrogen-bond acceptors (Lipinski definition) is 2. The molecule has 0 aliphatic heterocycles. The van der Waals surface area contributed by atoms with Crippen molar-refractivity contribution in [2.75, 3.05) is 6.61 Å².